The van der Waals surface area contributed by atoms with Gasteiger partial charge in [-0.25, -0.2) is 0 Å². The highest BCUT2D eigenvalue weighted by molar-refractivity contribution is 5.28. The van der Waals surface area contributed by atoms with Crippen LogP contribution in [0.5, 0.6) is 0 Å². The number of aryl methyl sites for hydroxylation is 1. The van der Waals surface area contributed by atoms with Gasteiger partial charge in [-0.2, -0.15) is 0 Å². The van der Waals surface area contributed by atoms with Gasteiger partial charge in [0.1, 0.15) is 0 Å². The van der Waals surface area contributed by atoms with Crippen molar-refractivity contribution in [2.24, 2.45) is 5.73 Å². The number of likely N-dealkylation sites (N-methyl/N-ethyl adjacent to an activating group) is 1. The lowest BCUT2D eigenvalue weighted by Gasteiger charge is -2.36. The zero-order valence-electron chi connectivity index (χ0n) is 11.8. The van der Waals surface area contributed by atoms with Gasteiger partial charge in [-0.05, 0) is 45.4 Å². The highest BCUT2D eigenvalue weighted by Gasteiger charge is 2.23. The van der Waals surface area contributed by atoms with E-state index < -0.39 is 0 Å². The molecular formula is C15H26N2. The molecule has 0 aliphatic rings. The van der Waals surface area contributed by atoms with Crippen LogP contribution in [-0.2, 0) is 0 Å². The number of nitrogens with zero attached hydrogens (tertiary/aromatic N) is 1. The normalized spacial score (nSPS) is 14.1. The lowest BCUT2D eigenvalue weighted by Crippen LogP contribution is -2.44. The quantitative estimate of drug-likeness (QED) is 0.848. The summed E-state index contributed by atoms with van der Waals surface area (Å²) in [5.41, 5.74) is 9.05. The zero-order chi connectivity index (χ0) is 13.1. The van der Waals surface area contributed by atoms with Crippen molar-refractivity contribution < 1.29 is 0 Å². The number of nitrogens with two attached hydrogens (primary N) is 1. The van der Waals surface area contributed by atoms with Crippen molar-refractivity contribution in [2.75, 3.05) is 13.6 Å². The number of rotatable bonds is 5. The maximum absolute atomic E-state index is 6.31. The molecule has 0 amide bonds. The van der Waals surface area contributed by atoms with Crippen LogP contribution in [0.2, 0.25) is 0 Å². The third-order valence-electron chi connectivity index (χ3n) is 3.96. The first kappa shape index (κ1) is 14.2. The molecule has 1 unspecified atom stereocenters. The summed E-state index contributed by atoms with van der Waals surface area (Å²) >= 11 is 0. The third kappa shape index (κ3) is 3.55. The van der Waals surface area contributed by atoms with E-state index in [9.17, 15) is 0 Å². The summed E-state index contributed by atoms with van der Waals surface area (Å²) in [5, 5.41) is 0. The van der Waals surface area contributed by atoms with Gasteiger partial charge in [0.2, 0.25) is 0 Å². The second kappa shape index (κ2) is 5.65. The van der Waals surface area contributed by atoms with Gasteiger partial charge in [-0.15, -0.1) is 0 Å². The van der Waals surface area contributed by atoms with Gasteiger partial charge in [0.05, 0.1) is 0 Å². The average Bonchev–Trinajstić information content (AvgIpc) is 2.29. The third-order valence-corrected chi connectivity index (χ3v) is 3.96. The first-order valence-electron chi connectivity index (χ1n) is 6.41. The molecule has 1 rings (SSSR count). The Balaban J connectivity index is 2.73. The van der Waals surface area contributed by atoms with Crippen molar-refractivity contribution in [3.8, 4) is 0 Å². The molecule has 2 nitrogen and oxygen atoms in total. The van der Waals surface area contributed by atoms with Gasteiger partial charge >= 0.3 is 0 Å². The van der Waals surface area contributed by atoms with Crippen LogP contribution in [-0.4, -0.2) is 24.0 Å². The van der Waals surface area contributed by atoms with Gasteiger partial charge in [0.25, 0.3) is 0 Å². The number of hydrogen-bond donors (Lipinski definition) is 1. The second-order valence-electron chi connectivity index (χ2n) is 5.51. The molecule has 0 heterocycles. The van der Waals surface area contributed by atoms with Crippen molar-refractivity contribution in [2.45, 2.75) is 45.7 Å². The van der Waals surface area contributed by atoms with Gasteiger partial charge in [0.15, 0.2) is 0 Å². The topological polar surface area (TPSA) is 29.3 Å². The highest BCUT2D eigenvalue weighted by atomic mass is 15.2. The van der Waals surface area contributed by atoms with Gasteiger partial charge in [0, 0.05) is 18.1 Å². The molecule has 0 radical (unpaired) electrons. The van der Waals surface area contributed by atoms with Gasteiger partial charge in [-0.3, -0.25) is 4.90 Å². The van der Waals surface area contributed by atoms with Crippen LogP contribution in [0.25, 0.3) is 0 Å². The summed E-state index contributed by atoms with van der Waals surface area (Å²) in [5.74, 6) is 0. The Hall–Kier alpha value is -0.860. The van der Waals surface area contributed by atoms with Crippen molar-refractivity contribution in [3.63, 3.8) is 0 Å². The maximum atomic E-state index is 6.31. The summed E-state index contributed by atoms with van der Waals surface area (Å²) in [6.45, 7) is 9.76. The molecule has 0 saturated heterocycles. The first-order chi connectivity index (χ1) is 7.88. The van der Waals surface area contributed by atoms with Gasteiger partial charge < -0.3 is 5.73 Å². The maximum Gasteiger partial charge on any atom is 0.0426 e. The largest absolute Gasteiger partial charge is 0.323 e. The summed E-state index contributed by atoms with van der Waals surface area (Å²) < 4.78 is 0. The van der Waals surface area contributed by atoms with Crippen LogP contribution in [0.3, 0.4) is 0 Å². The van der Waals surface area contributed by atoms with E-state index in [1.165, 1.54) is 11.1 Å². The van der Waals surface area contributed by atoms with Gasteiger partial charge in [-0.1, -0.05) is 31.2 Å². The summed E-state index contributed by atoms with van der Waals surface area (Å²) in [7, 11) is 2.15. The molecule has 0 bridgehead atoms. The van der Waals surface area contributed by atoms with E-state index in [2.05, 4.69) is 63.9 Å². The molecule has 0 saturated carbocycles. The standard InChI is InChI=1S/C15H26N2/c1-6-15(3,4)17(5)11-14(16)13-10-8-7-9-12(13)2/h7-10,14H,6,11,16H2,1-5H3. The fourth-order valence-corrected chi connectivity index (χ4v) is 1.91. The summed E-state index contributed by atoms with van der Waals surface area (Å²) in [4.78, 5) is 2.35. The van der Waals surface area contributed by atoms with E-state index in [4.69, 9.17) is 5.73 Å². The molecular weight excluding hydrogens is 208 g/mol. The molecule has 96 valence electrons. The van der Waals surface area contributed by atoms with E-state index in [0.29, 0.717) is 0 Å². The second-order valence-corrected chi connectivity index (χ2v) is 5.51. The summed E-state index contributed by atoms with van der Waals surface area (Å²) in [6.07, 6.45) is 1.13. The zero-order valence-corrected chi connectivity index (χ0v) is 11.8. The molecule has 1 atom stereocenters. The highest BCUT2D eigenvalue weighted by Crippen LogP contribution is 2.21. The molecule has 2 heteroatoms. The lowest BCUT2D eigenvalue weighted by molar-refractivity contribution is 0.142. The van der Waals surface area contributed by atoms with E-state index in [1.807, 2.05) is 0 Å². The Kier molecular flexibility index (Phi) is 4.72. The molecule has 2 N–H and O–H groups in total. The monoisotopic (exact) mass is 234 g/mol. The average molecular weight is 234 g/mol. The fraction of sp³-hybridized carbons (Fsp3) is 0.600. The van der Waals surface area contributed by atoms with Crippen LogP contribution < -0.4 is 5.73 Å². The molecule has 0 aliphatic heterocycles. The number of benzene rings is 1. The van der Waals surface area contributed by atoms with Crippen LogP contribution in [0.1, 0.15) is 44.4 Å². The minimum atomic E-state index is 0.0898. The minimum Gasteiger partial charge on any atom is -0.323 e. The Morgan fingerprint density at radius 1 is 1.29 bits per heavy atom. The minimum absolute atomic E-state index is 0.0898. The summed E-state index contributed by atoms with van der Waals surface area (Å²) in [6, 6.07) is 8.47. The van der Waals surface area contributed by atoms with Crippen LogP contribution in [0.4, 0.5) is 0 Å². The smallest absolute Gasteiger partial charge is 0.0426 e. The van der Waals surface area contributed by atoms with Crippen molar-refractivity contribution in [1.29, 1.82) is 0 Å². The molecule has 1 aromatic rings. The number of hydrogen-bond acceptors (Lipinski definition) is 2. The molecule has 17 heavy (non-hydrogen) atoms. The molecule has 1 aromatic carbocycles. The van der Waals surface area contributed by atoms with Crippen LogP contribution in [0.15, 0.2) is 24.3 Å². The van der Waals surface area contributed by atoms with E-state index >= 15 is 0 Å². The Bertz CT molecular complexity index is 358. The molecule has 0 spiro atoms. The van der Waals surface area contributed by atoms with Crippen LogP contribution >= 0.6 is 0 Å². The predicted octanol–water partition coefficient (Wildman–Crippen LogP) is 3.12. The van der Waals surface area contributed by atoms with Crippen molar-refractivity contribution >= 4 is 0 Å². The van der Waals surface area contributed by atoms with E-state index in [1.54, 1.807) is 0 Å². The van der Waals surface area contributed by atoms with Crippen molar-refractivity contribution in [1.82, 2.24) is 4.90 Å². The lowest BCUT2D eigenvalue weighted by atomic mass is 9.96. The predicted molar refractivity (Wildman–Crippen MR) is 75.1 cm³/mol. The fourth-order valence-electron chi connectivity index (χ4n) is 1.91. The van der Waals surface area contributed by atoms with Crippen molar-refractivity contribution in [3.05, 3.63) is 35.4 Å². The SMILES string of the molecule is CCC(C)(C)N(C)CC(N)c1ccccc1C. The van der Waals surface area contributed by atoms with E-state index in [0.717, 1.165) is 13.0 Å². The Morgan fingerprint density at radius 3 is 2.41 bits per heavy atom. The Morgan fingerprint density at radius 2 is 1.88 bits per heavy atom. The van der Waals surface area contributed by atoms with E-state index in [-0.39, 0.29) is 11.6 Å². The first-order valence-corrected chi connectivity index (χ1v) is 6.41. The molecule has 0 aliphatic carbocycles. The molecule has 0 fully saturated rings. The Labute approximate surface area is 106 Å². The molecule has 0 aromatic heterocycles. The van der Waals surface area contributed by atoms with Crippen LogP contribution in [0, 0.1) is 6.92 Å².